The minimum Gasteiger partial charge on any atom is -0.503 e. The lowest BCUT2D eigenvalue weighted by atomic mass is 9.96. The minimum absolute atomic E-state index is 0.0348. The summed E-state index contributed by atoms with van der Waals surface area (Å²) in [5, 5.41) is 19.8. The number of benzene rings is 1. The van der Waals surface area contributed by atoms with Gasteiger partial charge in [-0.3, -0.25) is 9.48 Å². The van der Waals surface area contributed by atoms with E-state index < -0.39 is 0 Å². The smallest absolute Gasteiger partial charge is 0.198 e. The Morgan fingerprint density at radius 2 is 1.86 bits per heavy atom. The number of aromatic nitrogens is 5. The second-order valence-corrected chi connectivity index (χ2v) is 8.86. The maximum atomic E-state index is 12.3. The van der Waals surface area contributed by atoms with Gasteiger partial charge in [0.05, 0.1) is 5.52 Å². The van der Waals surface area contributed by atoms with Gasteiger partial charge in [0.1, 0.15) is 11.4 Å². The van der Waals surface area contributed by atoms with Gasteiger partial charge < -0.3 is 5.11 Å². The van der Waals surface area contributed by atoms with Gasteiger partial charge in [-0.05, 0) is 42.5 Å². The zero-order chi connectivity index (χ0) is 21.1. The molecule has 0 fully saturated rings. The van der Waals surface area contributed by atoms with Crippen LogP contribution in [0, 0.1) is 19.3 Å². The van der Waals surface area contributed by atoms with E-state index in [9.17, 15) is 9.90 Å². The fraction of sp³-hybridized carbons (Fsp3) is 0.364. The zero-order valence-corrected chi connectivity index (χ0v) is 17.6. The van der Waals surface area contributed by atoms with Crippen LogP contribution in [0.5, 0.6) is 5.75 Å². The predicted octanol–water partition coefficient (Wildman–Crippen LogP) is 4.32. The van der Waals surface area contributed by atoms with Gasteiger partial charge in [0.15, 0.2) is 17.2 Å². The molecule has 0 spiro atoms. The molecule has 1 N–H and O–H groups in total. The van der Waals surface area contributed by atoms with E-state index in [1.165, 1.54) is 0 Å². The molecule has 7 heteroatoms. The maximum Gasteiger partial charge on any atom is 0.198 e. The number of carbonyl (C=O) groups excluding carboxylic acids is 1. The summed E-state index contributed by atoms with van der Waals surface area (Å²) in [6.07, 6.45) is 3.55. The summed E-state index contributed by atoms with van der Waals surface area (Å²) in [6, 6.07) is 4.07. The standard InChI is InChI=1S/C22H25N5O2/c1-12-7-15(16-9-23-21-20(29)13(2)24-26(21)10-16)8-17-18(14(3)28)25-27(19(12)17)11-22(4,5)6/h7-10,29H,11H2,1-6H3. The molecule has 0 saturated heterocycles. The highest BCUT2D eigenvalue weighted by molar-refractivity contribution is 6.06. The van der Waals surface area contributed by atoms with Gasteiger partial charge in [-0.15, -0.1) is 0 Å². The van der Waals surface area contributed by atoms with Gasteiger partial charge in [0, 0.05) is 36.8 Å². The third kappa shape index (κ3) is 3.26. The van der Waals surface area contributed by atoms with Crippen molar-refractivity contribution in [3.05, 3.63) is 41.5 Å². The Bertz CT molecular complexity index is 1270. The molecule has 0 amide bonds. The van der Waals surface area contributed by atoms with Crippen molar-refractivity contribution in [1.29, 1.82) is 0 Å². The molecule has 29 heavy (non-hydrogen) atoms. The second kappa shape index (κ2) is 6.40. The number of carbonyl (C=O) groups is 1. The summed E-state index contributed by atoms with van der Waals surface area (Å²) in [6.45, 7) is 12.5. The highest BCUT2D eigenvalue weighted by Crippen LogP contribution is 2.32. The number of rotatable bonds is 3. The number of aryl methyl sites for hydroxylation is 2. The Morgan fingerprint density at radius 3 is 2.52 bits per heavy atom. The Labute approximate surface area is 169 Å². The van der Waals surface area contributed by atoms with Crippen LogP contribution >= 0.6 is 0 Å². The number of fused-ring (bicyclic) bond motifs is 2. The largest absolute Gasteiger partial charge is 0.503 e. The van der Waals surface area contributed by atoms with E-state index in [-0.39, 0.29) is 16.9 Å². The molecule has 4 rings (SSSR count). The van der Waals surface area contributed by atoms with Gasteiger partial charge in [-0.25, -0.2) is 9.50 Å². The maximum absolute atomic E-state index is 12.3. The minimum atomic E-state index is -0.0552. The first-order valence-electron chi connectivity index (χ1n) is 9.61. The number of aromatic hydroxyl groups is 1. The third-order valence-corrected chi connectivity index (χ3v) is 4.94. The molecule has 0 aliphatic carbocycles. The van der Waals surface area contributed by atoms with Crippen molar-refractivity contribution in [3.63, 3.8) is 0 Å². The first-order valence-corrected chi connectivity index (χ1v) is 9.61. The molecule has 4 aromatic rings. The highest BCUT2D eigenvalue weighted by Gasteiger charge is 2.21. The van der Waals surface area contributed by atoms with Crippen molar-refractivity contribution in [3.8, 4) is 16.9 Å². The van der Waals surface area contributed by atoms with Gasteiger partial charge in [0.25, 0.3) is 0 Å². The molecule has 3 aromatic heterocycles. The lowest BCUT2D eigenvalue weighted by Gasteiger charge is -2.19. The normalized spacial score (nSPS) is 12.2. The fourth-order valence-electron chi connectivity index (χ4n) is 3.70. The first kappa shape index (κ1) is 19.1. The molecule has 150 valence electrons. The molecule has 0 atom stereocenters. The zero-order valence-electron chi connectivity index (χ0n) is 17.6. The van der Waals surface area contributed by atoms with E-state index in [4.69, 9.17) is 0 Å². The fourth-order valence-corrected chi connectivity index (χ4v) is 3.70. The number of Topliss-reactive ketones (excluding diaryl/α,β-unsaturated/α-hetero) is 1. The predicted molar refractivity (Wildman–Crippen MR) is 112 cm³/mol. The van der Waals surface area contributed by atoms with E-state index in [0.29, 0.717) is 17.0 Å². The number of nitrogens with zero attached hydrogens (tertiary/aromatic N) is 5. The number of ketones is 1. The van der Waals surface area contributed by atoms with Crippen molar-refractivity contribution in [1.82, 2.24) is 24.4 Å². The Morgan fingerprint density at radius 1 is 1.14 bits per heavy atom. The Kier molecular flexibility index (Phi) is 4.22. The van der Waals surface area contributed by atoms with Crippen LogP contribution in [0.15, 0.2) is 24.5 Å². The van der Waals surface area contributed by atoms with Crippen LogP contribution in [0.4, 0.5) is 0 Å². The van der Waals surface area contributed by atoms with Crippen LogP contribution < -0.4 is 0 Å². The van der Waals surface area contributed by atoms with Crippen LogP contribution in [-0.4, -0.2) is 35.3 Å². The molecule has 7 nitrogen and oxygen atoms in total. The summed E-state index contributed by atoms with van der Waals surface area (Å²) in [7, 11) is 0. The molecule has 0 saturated carbocycles. The molecule has 0 radical (unpaired) electrons. The van der Waals surface area contributed by atoms with Crippen LogP contribution in [-0.2, 0) is 6.54 Å². The van der Waals surface area contributed by atoms with Gasteiger partial charge >= 0.3 is 0 Å². The second-order valence-electron chi connectivity index (χ2n) is 8.86. The van der Waals surface area contributed by atoms with E-state index in [1.54, 1.807) is 24.6 Å². The molecular formula is C22H25N5O2. The van der Waals surface area contributed by atoms with Crippen LogP contribution in [0.25, 0.3) is 27.7 Å². The van der Waals surface area contributed by atoms with Crippen molar-refractivity contribution < 1.29 is 9.90 Å². The third-order valence-electron chi connectivity index (χ3n) is 4.94. The topological polar surface area (TPSA) is 85.3 Å². The molecule has 1 aromatic carbocycles. The summed E-state index contributed by atoms with van der Waals surface area (Å²) < 4.78 is 3.52. The van der Waals surface area contributed by atoms with Gasteiger partial charge in [-0.2, -0.15) is 10.2 Å². The summed E-state index contributed by atoms with van der Waals surface area (Å²) in [5.41, 5.74) is 5.27. The van der Waals surface area contributed by atoms with E-state index in [1.807, 2.05) is 23.9 Å². The lowest BCUT2D eigenvalue weighted by Crippen LogP contribution is -2.17. The van der Waals surface area contributed by atoms with E-state index in [0.717, 1.165) is 34.1 Å². The van der Waals surface area contributed by atoms with Crippen LogP contribution in [0.1, 0.15) is 49.4 Å². The molecule has 0 unspecified atom stereocenters. The Hall–Kier alpha value is -3.22. The van der Waals surface area contributed by atoms with E-state index in [2.05, 4.69) is 42.0 Å². The average Bonchev–Trinajstić information content (AvgIpc) is 3.11. The quantitative estimate of drug-likeness (QED) is 0.526. The monoisotopic (exact) mass is 391 g/mol. The SMILES string of the molecule is CC(=O)c1nn(CC(C)(C)C)c2c(C)cc(-c3cnc4c(O)c(C)nn4c3)cc12. The summed E-state index contributed by atoms with van der Waals surface area (Å²) in [4.78, 5) is 16.6. The lowest BCUT2D eigenvalue weighted by molar-refractivity contribution is 0.101. The molecule has 0 bridgehead atoms. The van der Waals surface area contributed by atoms with Crippen molar-refractivity contribution in [2.75, 3.05) is 0 Å². The number of hydrogen-bond donors (Lipinski definition) is 1. The molecule has 3 heterocycles. The molecule has 0 aliphatic heterocycles. The van der Waals surface area contributed by atoms with Crippen molar-refractivity contribution in [2.45, 2.75) is 48.1 Å². The summed E-state index contributed by atoms with van der Waals surface area (Å²) >= 11 is 0. The average molecular weight is 391 g/mol. The van der Waals surface area contributed by atoms with Crippen molar-refractivity contribution in [2.24, 2.45) is 5.41 Å². The molecule has 0 aliphatic rings. The van der Waals surface area contributed by atoms with E-state index >= 15 is 0 Å². The van der Waals surface area contributed by atoms with Gasteiger partial charge in [0.2, 0.25) is 0 Å². The number of hydrogen-bond acceptors (Lipinski definition) is 5. The molecular weight excluding hydrogens is 366 g/mol. The van der Waals surface area contributed by atoms with Crippen LogP contribution in [0.2, 0.25) is 0 Å². The van der Waals surface area contributed by atoms with Crippen molar-refractivity contribution >= 4 is 22.3 Å². The van der Waals surface area contributed by atoms with Crippen LogP contribution in [0.3, 0.4) is 0 Å². The first-order chi connectivity index (χ1) is 13.5. The van der Waals surface area contributed by atoms with Gasteiger partial charge in [-0.1, -0.05) is 20.8 Å². The highest BCUT2D eigenvalue weighted by atomic mass is 16.3. The summed E-state index contributed by atoms with van der Waals surface area (Å²) in [5.74, 6) is 0.0333. The Balaban J connectivity index is 1.93.